The maximum Gasteiger partial charge on any atom is 0.416 e. The van der Waals surface area contributed by atoms with E-state index in [9.17, 15) is 71.9 Å². The number of carbonyl (C=O) groups is 3. The summed E-state index contributed by atoms with van der Waals surface area (Å²) in [4.78, 5) is 57.8. The Morgan fingerprint density at radius 2 is 1.17 bits per heavy atom. The first-order valence-electron chi connectivity index (χ1n) is 26.3. The molecule has 0 unspecified atom stereocenters. The Kier molecular flexibility index (Phi) is 19.9. The summed E-state index contributed by atoms with van der Waals surface area (Å²) in [5, 5.41) is 11.7. The van der Waals surface area contributed by atoms with E-state index in [0.717, 1.165) is 5.56 Å². The minimum absolute atomic E-state index is 0.0182. The van der Waals surface area contributed by atoms with Crippen molar-refractivity contribution in [2.75, 3.05) is 26.3 Å². The molecule has 2 aliphatic heterocycles. The van der Waals surface area contributed by atoms with Crippen LogP contribution in [0.25, 0.3) is 9.69 Å². The van der Waals surface area contributed by atoms with Gasteiger partial charge >= 0.3 is 53.8 Å². The number of hydrogen-bond donors (Lipinski definition) is 5. The molecule has 4 amide bonds. The first-order valence-corrected chi connectivity index (χ1v) is 26.3. The highest BCUT2D eigenvalue weighted by molar-refractivity contribution is 5.76. The predicted molar refractivity (Wildman–Crippen MR) is 285 cm³/mol. The first kappa shape index (κ1) is 65.6. The average molecular weight is 1230 g/mol. The Hall–Kier alpha value is -8.93. The number of halogens is 12. The number of nitrogens with zero attached hydrogens (tertiary/aromatic N) is 5. The van der Waals surface area contributed by atoms with Crippen LogP contribution in [0.2, 0.25) is 0 Å². The fraction of sp³-hybridized carbons (Fsp3) is 0.362. The second-order valence-electron chi connectivity index (χ2n) is 20.5. The smallest absolute Gasteiger partial charge is 0.416 e. The summed E-state index contributed by atoms with van der Waals surface area (Å²) in [5.41, 5.74) is -6.66. The maximum atomic E-state index is 14.0. The van der Waals surface area contributed by atoms with Gasteiger partial charge in [-0.25, -0.2) is 42.6 Å². The third kappa shape index (κ3) is 15.6. The Morgan fingerprint density at radius 3 is 1.61 bits per heavy atom. The van der Waals surface area contributed by atoms with Crippen LogP contribution in [0.4, 0.5) is 62.3 Å². The molecule has 0 spiro atoms. The van der Waals surface area contributed by atoms with Gasteiger partial charge in [-0.15, -0.1) is 0 Å². The van der Waals surface area contributed by atoms with Gasteiger partial charge in [0.15, 0.2) is 0 Å². The van der Waals surface area contributed by atoms with Crippen molar-refractivity contribution in [1.29, 1.82) is 0 Å². The lowest BCUT2D eigenvalue weighted by atomic mass is 9.77. The first-order chi connectivity index (χ1) is 40.9. The number of likely N-dealkylation sites (tertiary alicyclic amines) is 1. The molecule has 0 radical (unpaired) electrons. The molecule has 1 aromatic heterocycles. The number of alkyl halides is 12. The highest BCUT2D eigenvalue weighted by Gasteiger charge is 2.57. The van der Waals surface area contributed by atoms with E-state index in [2.05, 4.69) is 30.5 Å². The molecule has 2 aliphatic rings. The minimum atomic E-state index is -5.08. The number of hydrogen-bond acceptors (Lipinski definition) is 9. The summed E-state index contributed by atoms with van der Waals surface area (Å²) in [6, 6.07) is 27.5. The van der Waals surface area contributed by atoms with Crippen LogP contribution in [-0.4, -0.2) is 70.2 Å². The second kappa shape index (κ2) is 26.4. The summed E-state index contributed by atoms with van der Waals surface area (Å²) < 4.78 is 180. The molecule has 462 valence electrons. The van der Waals surface area contributed by atoms with Gasteiger partial charge in [-0.3, -0.25) is 35.4 Å². The van der Waals surface area contributed by atoms with Gasteiger partial charge < -0.3 is 14.2 Å². The lowest BCUT2D eigenvalue weighted by molar-refractivity contribution is -0.145. The molecule has 0 saturated carbocycles. The molecule has 5 aromatic carbocycles. The van der Waals surface area contributed by atoms with Gasteiger partial charge in [0, 0.05) is 0 Å². The molecular weight excluding hydrogens is 1180 g/mol. The fourth-order valence-electron chi connectivity index (χ4n) is 10.1. The lowest BCUT2D eigenvalue weighted by Crippen LogP contribution is -2.67. The molecular formula is C58H54F12N10O7. The van der Waals surface area contributed by atoms with Crippen LogP contribution in [-0.2, 0) is 67.1 Å². The molecule has 0 bridgehead atoms. The van der Waals surface area contributed by atoms with Crippen LogP contribution in [0.3, 0.4) is 0 Å². The highest BCUT2D eigenvalue weighted by Crippen LogP contribution is 2.46. The van der Waals surface area contributed by atoms with Crippen molar-refractivity contribution < 1.29 is 81.3 Å². The Morgan fingerprint density at radius 1 is 0.678 bits per heavy atom. The summed E-state index contributed by atoms with van der Waals surface area (Å²) in [7, 11) is 0. The zero-order chi connectivity index (χ0) is 63.6. The molecule has 8 rings (SSSR count). The minimum Gasteiger partial charge on any atom is -0.445 e. The molecule has 3 heterocycles. The van der Waals surface area contributed by atoms with Gasteiger partial charge in [0.25, 0.3) is 0 Å². The van der Waals surface area contributed by atoms with Gasteiger partial charge in [-0.05, 0) is 90.9 Å². The van der Waals surface area contributed by atoms with Crippen molar-refractivity contribution >= 4 is 18.5 Å². The highest BCUT2D eigenvalue weighted by atomic mass is 19.4. The monoisotopic (exact) mass is 1230 g/mol. The summed E-state index contributed by atoms with van der Waals surface area (Å²) in [5.74, 6) is 0. The molecule has 2 saturated heterocycles. The van der Waals surface area contributed by atoms with Crippen molar-refractivity contribution in [3.8, 4) is 0 Å². The normalized spacial score (nSPS) is 21.4. The van der Waals surface area contributed by atoms with Crippen LogP contribution in [0.1, 0.15) is 102 Å². The number of nitrogens with one attached hydrogen (secondary N) is 5. The number of urea groups is 1. The van der Waals surface area contributed by atoms with Crippen LogP contribution >= 0.6 is 0 Å². The third-order valence-electron chi connectivity index (χ3n) is 14.9. The summed E-state index contributed by atoms with van der Waals surface area (Å²) in [6.07, 6.45) is -21.8. The maximum absolute atomic E-state index is 14.0. The van der Waals surface area contributed by atoms with Crippen molar-refractivity contribution in [3.63, 3.8) is 0 Å². The fourth-order valence-corrected chi connectivity index (χ4v) is 10.1. The van der Waals surface area contributed by atoms with E-state index in [4.69, 9.17) is 27.4 Å². The van der Waals surface area contributed by atoms with Crippen molar-refractivity contribution in [3.05, 3.63) is 217 Å². The van der Waals surface area contributed by atoms with Gasteiger partial charge in [-0.2, -0.15) is 57.8 Å². The molecule has 29 heteroatoms. The molecule has 87 heavy (non-hydrogen) atoms. The Labute approximate surface area is 488 Å². The quantitative estimate of drug-likeness (QED) is 0.0272. The topological polar surface area (TPSA) is 190 Å². The lowest BCUT2D eigenvalue weighted by Gasteiger charge is -2.49. The molecule has 5 N–H and O–H groups in total. The number of carbonyl (C=O) groups excluding carboxylic acids is 3. The van der Waals surface area contributed by atoms with Gasteiger partial charge in [0.1, 0.15) is 19.5 Å². The molecule has 0 aliphatic carbocycles. The Balaban J connectivity index is 0.000000256. The average Bonchev–Trinajstić information content (AvgIpc) is 1.31. The van der Waals surface area contributed by atoms with E-state index in [-0.39, 0.29) is 69.5 Å². The van der Waals surface area contributed by atoms with Gasteiger partial charge in [-0.1, -0.05) is 91.0 Å². The number of amides is 4. The van der Waals surface area contributed by atoms with Gasteiger partial charge in [0.05, 0.1) is 78.1 Å². The molecule has 17 nitrogen and oxygen atoms in total. The zero-order valence-electron chi connectivity index (χ0n) is 45.9. The van der Waals surface area contributed by atoms with Gasteiger partial charge in [0.2, 0.25) is 6.41 Å². The van der Waals surface area contributed by atoms with Crippen LogP contribution < -0.4 is 27.2 Å². The summed E-state index contributed by atoms with van der Waals surface area (Å²) in [6.45, 7) is 17.1. The van der Waals surface area contributed by atoms with Crippen LogP contribution in [0.5, 0.6) is 0 Å². The molecule has 6 aromatic rings. The number of aromatic amines is 1. The number of hydrazine groups is 1. The molecule has 2 fully saturated rings. The van der Waals surface area contributed by atoms with E-state index < -0.39 is 118 Å². The number of rotatable bonds is 16. The van der Waals surface area contributed by atoms with E-state index in [1.54, 1.807) is 78.9 Å². The number of H-pyrrole nitrogens is 1. The van der Waals surface area contributed by atoms with Crippen molar-refractivity contribution in [2.45, 2.75) is 105 Å². The van der Waals surface area contributed by atoms with E-state index in [1.807, 2.05) is 23.0 Å². The largest absolute Gasteiger partial charge is 0.445 e. The predicted octanol–water partition coefficient (Wildman–Crippen LogP) is 11.9. The second-order valence-corrected chi connectivity index (χ2v) is 20.5. The SMILES string of the molecule is [C-]#[N+][C@]1(NC(=O)NNC=O)CC[C@@](CO[C@H](C)c2cc(C(F)(F)F)cc(C(F)(F)F)c2)(c2ccccc2)N(C(=O)OCc2ccccc2)C1.[C-]#[N+][C@]1(n2cn[nH]c2=O)CC[C@@](CO[C@H](C)c2cc(C(F)(F)F)cc(C(F)(F)F)c2)(c2ccccc2)NC1. The van der Waals surface area contributed by atoms with E-state index >= 15 is 0 Å². The summed E-state index contributed by atoms with van der Waals surface area (Å²) >= 11 is 0. The van der Waals surface area contributed by atoms with E-state index in [0.29, 0.717) is 35.4 Å². The van der Waals surface area contributed by atoms with Crippen LogP contribution in [0, 0.1) is 13.1 Å². The van der Waals surface area contributed by atoms with E-state index in [1.165, 1.54) is 29.6 Å². The third-order valence-corrected chi connectivity index (χ3v) is 14.9. The van der Waals surface area contributed by atoms with Crippen LogP contribution in [0.15, 0.2) is 139 Å². The number of piperidine rings is 2. The number of benzene rings is 5. The van der Waals surface area contributed by atoms with Crippen molar-refractivity contribution in [2.24, 2.45) is 0 Å². The molecule has 6 atom stereocenters. The Bertz CT molecular complexity index is 3430. The zero-order valence-corrected chi connectivity index (χ0v) is 45.9. The number of aromatic nitrogens is 3. The number of ether oxygens (including phenoxy) is 3. The van der Waals surface area contributed by atoms with Crippen molar-refractivity contribution in [1.82, 2.24) is 41.1 Å². The standard InChI is InChI=1S/C33H31F6N5O5.C25H23F6N5O2/c1-22(24-15-26(32(34,35)36)17-27(16-24)33(37,38)39)49-20-30(25-11-7-4-8-12-25)13-14-31(40-2,42-28(46)43-41-21-45)19-44(30)29(47)48-18-23-9-5-3-6-10-23;1-16(17-10-19(24(26,27)28)12-20(11-17)25(29,30)31)38-14-22(18-6-4-3-5-7-18)8-9-23(32-2,13-33-22)36-15-34-35-21(36)37/h3-12,15-17,21-22H,13-14,18-20H2,1H3,(H,41,45)(H2,42,43,46);3-7,10-12,15-16,33H,8-9,13-14H2,1H3,(H,35,37)/t22-,30-,31+;16-,22-,23+/m11/s1.